The predicted molar refractivity (Wildman–Crippen MR) is 79.5 cm³/mol. The molecule has 2 N–H and O–H groups in total. The van der Waals surface area contributed by atoms with Crippen molar-refractivity contribution in [2.75, 3.05) is 14.2 Å². The van der Waals surface area contributed by atoms with Crippen LogP contribution in [-0.4, -0.2) is 36.9 Å². The summed E-state index contributed by atoms with van der Waals surface area (Å²) in [6.07, 6.45) is 2.76. The second kappa shape index (κ2) is 6.91. The zero-order chi connectivity index (χ0) is 15.3. The van der Waals surface area contributed by atoms with Gasteiger partial charge in [0.25, 0.3) is 0 Å². The fraction of sp³-hybridized carbons (Fsp3) is 0.562. The van der Waals surface area contributed by atoms with Crippen molar-refractivity contribution in [1.29, 1.82) is 0 Å². The van der Waals surface area contributed by atoms with E-state index in [0.717, 1.165) is 24.2 Å². The highest BCUT2D eigenvalue weighted by Gasteiger charge is 2.42. The van der Waals surface area contributed by atoms with Crippen LogP contribution in [0.4, 0.5) is 0 Å². The molecule has 0 aromatic heterocycles. The van der Waals surface area contributed by atoms with E-state index in [2.05, 4.69) is 5.32 Å². The van der Waals surface area contributed by atoms with Gasteiger partial charge in [-0.3, -0.25) is 4.79 Å². The van der Waals surface area contributed by atoms with Crippen LogP contribution in [0.25, 0.3) is 0 Å². The van der Waals surface area contributed by atoms with Gasteiger partial charge in [0.05, 0.1) is 6.61 Å². The quantitative estimate of drug-likeness (QED) is 0.841. The Morgan fingerprint density at radius 2 is 2.33 bits per heavy atom. The average Bonchev–Trinajstić information content (AvgIpc) is 2.48. The summed E-state index contributed by atoms with van der Waals surface area (Å²) in [5, 5.41) is 12.4. The molecule has 1 aliphatic rings. The van der Waals surface area contributed by atoms with Crippen LogP contribution in [0.5, 0.6) is 5.75 Å². The molecule has 116 valence electrons. The molecule has 0 saturated heterocycles. The smallest absolute Gasteiger partial charge is 0.324 e. The van der Waals surface area contributed by atoms with Crippen LogP contribution in [0, 0.1) is 0 Å². The van der Waals surface area contributed by atoms with Gasteiger partial charge in [-0.2, -0.15) is 0 Å². The topological polar surface area (TPSA) is 67.8 Å². The summed E-state index contributed by atoms with van der Waals surface area (Å²) in [7, 11) is 3.36. The molecule has 1 aromatic rings. The Morgan fingerprint density at radius 3 is 3.00 bits per heavy atom. The van der Waals surface area contributed by atoms with Crippen molar-refractivity contribution >= 4 is 5.97 Å². The molecule has 1 aliphatic carbocycles. The lowest BCUT2D eigenvalue weighted by Crippen LogP contribution is -2.55. The van der Waals surface area contributed by atoms with E-state index in [1.165, 1.54) is 0 Å². The van der Waals surface area contributed by atoms with Crippen molar-refractivity contribution in [3.63, 3.8) is 0 Å². The molecule has 0 radical (unpaired) electrons. The first-order chi connectivity index (χ1) is 10.1. The summed E-state index contributed by atoms with van der Waals surface area (Å²) >= 11 is 0. The van der Waals surface area contributed by atoms with E-state index in [1.54, 1.807) is 14.2 Å². The minimum atomic E-state index is -0.868. The van der Waals surface area contributed by atoms with E-state index in [0.29, 0.717) is 19.4 Å². The van der Waals surface area contributed by atoms with Gasteiger partial charge in [0, 0.05) is 13.5 Å². The lowest BCUT2D eigenvalue weighted by Gasteiger charge is -2.37. The first-order valence-electron chi connectivity index (χ1n) is 7.26. The molecule has 2 unspecified atom stereocenters. The van der Waals surface area contributed by atoms with Crippen LogP contribution >= 0.6 is 0 Å². The Kier molecular flexibility index (Phi) is 5.20. The number of carbonyl (C=O) groups is 1. The molecule has 0 spiro atoms. The van der Waals surface area contributed by atoms with Gasteiger partial charge in [-0.1, -0.05) is 12.1 Å². The summed E-state index contributed by atoms with van der Waals surface area (Å²) in [5.41, 5.74) is 0.177. The Bertz CT molecular complexity index is 491. The third-order valence-corrected chi connectivity index (χ3v) is 4.11. The van der Waals surface area contributed by atoms with Crippen LogP contribution < -0.4 is 10.1 Å². The van der Waals surface area contributed by atoms with E-state index in [4.69, 9.17) is 9.47 Å². The van der Waals surface area contributed by atoms with Crippen molar-refractivity contribution in [2.24, 2.45) is 0 Å². The number of rotatable bonds is 6. The fourth-order valence-corrected chi connectivity index (χ4v) is 2.92. The first-order valence-corrected chi connectivity index (χ1v) is 7.26. The van der Waals surface area contributed by atoms with Crippen LogP contribution in [-0.2, 0) is 16.1 Å². The molecular formula is C16H23NO4. The number of benzene rings is 1. The van der Waals surface area contributed by atoms with E-state index in [1.807, 2.05) is 24.3 Å². The molecule has 0 bridgehead atoms. The minimum absolute atomic E-state index is 0.0832. The monoisotopic (exact) mass is 293 g/mol. The summed E-state index contributed by atoms with van der Waals surface area (Å²) in [4.78, 5) is 11.5. The van der Waals surface area contributed by atoms with Crippen molar-refractivity contribution in [1.82, 2.24) is 5.32 Å². The molecule has 2 rings (SSSR count). The second-order valence-corrected chi connectivity index (χ2v) is 5.55. The van der Waals surface area contributed by atoms with Crippen molar-refractivity contribution in [2.45, 2.75) is 43.9 Å². The molecule has 1 saturated carbocycles. The van der Waals surface area contributed by atoms with Gasteiger partial charge in [-0.25, -0.2) is 0 Å². The number of aliphatic carboxylic acids is 1. The van der Waals surface area contributed by atoms with Gasteiger partial charge in [-0.15, -0.1) is 0 Å². The first kappa shape index (κ1) is 15.8. The Balaban J connectivity index is 2.05. The molecule has 5 heteroatoms. The van der Waals surface area contributed by atoms with E-state index >= 15 is 0 Å². The zero-order valence-electron chi connectivity index (χ0n) is 12.6. The highest BCUT2D eigenvalue weighted by molar-refractivity contribution is 5.79. The summed E-state index contributed by atoms with van der Waals surface area (Å²) in [6, 6.07) is 7.75. The molecule has 1 aromatic carbocycles. The average molecular weight is 293 g/mol. The van der Waals surface area contributed by atoms with E-state index in [-0.39, 0.29) is 6.10 Å². The second-order valence-electron chi connectivity index (χ2n) is 5.55. The van der Waals surface area contributed by atoms with Gasteiger partial charge in [0.15, 0.2) is 0 Å². The highest BCUT2D eigenvalue weighted by Crippen LogP contribution is 2.31. The summed E-state index contributed by atoms with van der Waals surface area (Å²) in [5.74, 6) is -0.0294. The van der Waals surface area contributed by atoms with Crippen molar-refractivity contribution in [3.8, 4) is 5.75 Å². The highest BCUT2D eigenvalue weighted by atomic mass is 16.5. The number of hydrogen-bond donors (Lipinski definition) is 2. The summed E-state index contributed by atoms with van der Waals surface area (Å²) in [6.45, 7) is 0.539. The fourth-order valence-electron chi connectivity index (χ4n) is 2.92. The molecule has 1 fully saturated rings. The SMILES string of the molecule is CNC1(C(=O)O)CCCC(Oc2cccc(COC)c2)C1. The van der Waals surface area contributed by atoms with Gasteiger partial charge < -0.3 is 19.9 Å². The molecule has 2 atom stereocenters. The van der Waals surface area contributed by atoms with Gasteiger partial charge >= 0.3 is 5.97 Å². The number of carboxylic acid groups (broad SMARTS) is 1. The maximum Gasteiger partial charge on any atom is 0.324 e. The molecular weight excluding hydrogens is 270 g/mol. The van der Waals surface area contributed by atoms with Crippen LogP contribution in [0.3, 0.4) is 0 Å². The van der Waals surface area contributed by atoms with Gasteiger partial charge in [0.1, 0.15) is 17.4 Å². The molecule has 21 heavy (non-hydrogen) atoms. The Labute approximate surface area is 125 Å². The van der Waals surface area contributed by atoms with E-state index < -0.39 is 11.5 Å². The van der Waals surface area contributed by atoms with E-state index in [9.17, 15) is 9.90 Å². The molecule has 5 nitrogen and oxygen atoms in total. The number of carboxylic acids is 1. The number of ether oxygens (including phenoxy) is 2. The molecule has 0 amide bonds. The van der Waals surface area contributed by atoms with Crippen LogP contribution in [0.15, 0.2) is 24.3 Å². The largest absolute Gasteiger partial charge is 0.490 e. The maximum atomic E-state index is 11.5. The standard InChI is InChI=1S/C16H23NO4/c1-17-16(15(18)19)8-4-7-14(10-16)21-13-6-3-5-12(9-13)11-20-2/h3,5-6,9,14,17H,4,7-8,10-11H2,1-2H3,(H,18,19). The van der Waals surface area contributed by atoms with Gasteiger partial charge in [0.2, 0.25) is 0 Å². The number of likely N-dealkylation sites (N-methyl/N-ethyl adjacent to an activating group) is 1. The predicted octanol–water partition coefficient (Wildman–Crippen LogP) is 2.20. The van der Waals surface area contributed by atoms with Crippen molar-refractivity contribution < 1.29 is 19.4 Å². The third-order valence-electron chi connectivity index (χ3n) is 4.11. The number of hydrogen-bond acceptors (Lipinski definition) is 4. The van der Waals surface area contributed by atoms with Crippen LogP contribution in [0.2, 0.25) is 0 Å². The summed E-state index contributed by atoms with van der Waals surface area (Å²) < 4.78 is 11.1. The third kappa shape index (κ3) is 3.74. The Morgan fingerprint density at radius 1 is 1.52 bits per heavy atom. The van der Waals surface area contributed by atoms with Crippen molar-refractivity contribution in [3.05, 3.63) is 29.8 Å². The normalized spacial score (nSPS) is 25.5. The Hall–Kier alpha value is -1.59. The minimum Gasteiger partial charge on any atom is -0.490 e. The number of nitrogens with one attached hydrogen (secondary N) is 1. The van der Waals surface area contributed by atoms with Crippen LogP contribution in [0.1, 0.15) is 31.2 Å². The molecule has 0 heterocycles. The number of methoxy groups -OCH3 is 1. The lowest BCUT2D eigenvalue weighted by molar-refractivity contribution is -0.147. The maximum absolute atomic E-state index is 11.5. The zero-order valence-corrected chi connectivity index (χ0v) is 12.6. The molecule has 0 aliphatic heterocycles. The van der Waals surface area contributed by atoms with Gasteiger partial charge in [-0.05, 0) is 44.0 Å². The lowest BCUT2D eigenvalue weighted by atomic mass is 9.80.